The molecule has 0 aliphatic carbocycles. The first-order valence-electron chi connectivity index (χ1n) is 20.5. The largest absolute Gasteiger partial charge is 0.748 e. The summed E-state index contributed by atoms with van der Waals surface area (Å²) in [5.74, 6) is -1.69. The van der Waals surface area contributed by atoms with E-state index in [0.29, 0.717) is 73.6 Å². The van der Waals surface area contributed by atoms with E-state index in [1.807, 2.05) is 37.8 Å². The average molecular weight is 929 g/mol. The fourth-order valence-corrected chi connectivity index (χ4v) is 10.0. The van der Waals surface area contributed by atoms with Gasteiger partial charge in [-0.15, -0.1) is 0 Å². The van der Waals surface area contributed by atoms with Gasteiger partial charge in [-0.3, -0.25) is 19.3 Å². The van der Waals surface area contributed by atoms with Gasteiger partial charge in [-0.05, 0) is 94.8 Å². The van der Waals surface area contributed by atoms with Gasteiger partial charge in [0.25, 0.3) is 11.8 Å². The summed E-state index contributed by atoms with van der Waals surface area (Å²) in [7, 11) is -12.6. The molecule has 0 aromatic heterocycles. The highest BCUT2D eigenvalue weighted by Gasteiger charge is 2.48. The van der Waals surface area contributed by atoms with Crippen molar-refractivity contribution in [3.8, 4) is 0 Å². The number of allylic oxidation sites excluding steroid dienone is 6. The Morgan fingerprint density at radius 3 is 2.08 bits per heavy atom. The molecule has 0 fully saturated rings. The number of hydrogen-bond acceptors (Lipinski definition) is 14. The molecule has 3 amide bonds. The van der Waals surface area contributed by atoms with Crippen molar-refractivity contribution >= 4 is 65.2 Å². The number of ether oxygens (including phenoxy) is 1. The third-order valence-corrected chi connectivity index (χ3v) is 14.2. The Bertz CT molecular complexity index is 2600. The third-order valence-electron chi connectivity index (χ3n) is 11.8. The molecule has 342 valence electrons. The van der Waals surface area contributed by atoms with Crippen LogP contribution in [0.25, 0.3) is 0 Å². The van der Waals surface area contributed by atoms with Crippen LogP contribution in [0.4, 0.5) is 11.4 Å². The lowest BCUT2D eigenvalue weighted by Crippen LogP contribution is -2.38. The summed E-state index contributed by atoms with van der Waals surface area (Å²) in [4.78, 5) is 38.2. The zero-order chi connectivity index (χ0) is 46.4. The topological polar surface area (TPSA) is 254 Å². The lowest BCUT2D eigenvalue weighted by molar-refractivity contribution is -0.438. The second-order valence-corrected chi connectivity index (χ2v) is 20.2. The van der Waals surface area contributed by atoms with Gasteiger partial charge in [0, 0.05) is 98.6 Å². The van der Waals surface area contributed by atoms with Crippen LogP contribution in [0.1, 0.15) is 76.8 Å². The molecule has 20 heteroatoms. The van der Waals surface area contributed by atoms with E-state index in [2.05, 4.69) is 9.89 Å². The molecule has 2 aromatic carbocycles. The van der Waals surface area contributed by atoms with Crippen molar-refractivity contribution in [3.05, 3.63) is 95.8 Å². The van der Waals surface area contributed by atoms with Crippen molar-refractivity contribution in [3.63, 3.8) is 0 Å². The number of imide groups is 1. The normalized spacial score (nSPS) is 20.9. The number of methoxy groups -OCH3 is 1. The van der Waals surface area contributed by atoms with Gasteiger partial charge in [-0.25, -0.2) is 25.3 Å². The molecule has 0 spiro atoms. The van der Waals surface area contributed by atoms with Gasteiger partial charge in [0.05, 0.1) is 25.3 Å². The van der Waals surface area contributed by atoms with E-state index in [0.717, 1.165) is 10.6 Å². The lowest BCUT2D eigenvalue weighted by Gasteiger charge is -2.30. The Balaban J connectivity index is 1.41. The predicted octanol–water partition coefficient (Wildman–Crippen LogP) is 3.61. The fraction of sp³-hybridized carbons (Fsp3) is 0.442. The predicted molar refractivity (Wildman–Crippen MR) is 230 cm³/mol. The second-order valence-electron chi connectivity index (χ2n) is 15.9. The van der Waals surface area contributed by atoms with Crippen LogP contribution in [0, 0.1) is 0 Å². The number of carbonyl (C=O) groups is 3. The van der Waals surface area contributed by atoms with Gasteiger partial charge in [0.15, 0.2) is 5.71 Å². The lowest BCUT2D eigenvalue weighted by atomic mass is 9.76. The maximum Gasteiger partial charge on any atom is 0.253 e. The minimum atomic E-state index is -4.82. The number of hydrogen-bond donors (Lipinski definition) is 1. The molecule has 3 heterocycles. The zero-order valence-corrected chi connectivity index (χ0v) is 38.0. The quantitative estimate of drug-likeness (QED) is 0.0582. The van der Waals surface area contributed by atoms with Crippen molar-refractivity contribution in [2.75, 3.05) is 50.5 Å². The molecule has 2 atom stereocenters. The summed E-state index contributed by atoms with van der Waals surface area (Å²) >= 11 is 0. The first-order chi connectivity index (χ1) is 29.5. The van der Waals surface area contributed by atoms with E-state index in [9.17, 15) is 53.3 Å². The standard InChI is InChI=1S/C43H54N4O13S3/c1-5-45-35-18-16-31(62(54,55)56)29-33(35)42(2,22-12-28-61(51,52)53)37(45)13-8-6-9-14-38-43(3,23-27-60-4)34-30-32(63(57,58)59)17-19-36(34)46(38)25-11-7-10-15-39(48)44-24-26-47-40(49)20-21-41(47)50/h6,8-9,13-14,16-21,29-30H,5,7,10-12,15,22-28H2,1-4H3,(H3-,44,48,51,52,53,54,55,56,57,58,59)/p-2. The van der Waals surface area contributed by atoms with Crippen LogP contribution < -0.4 is 10.2 Å². The molecule has 3 aliphatic rings. The molecule has 17 nitrogen and oxygen atoms in total. The van der Waals surface area contributed by atoms with Crippen molar-refractivity contribution in [2.24, 2.45) is 0 Å². The van der Waals surface area contributed by atoms with E-state index < -0.39 is 63.6 Å². The Labute approximate surface area is 369 Å². The maximum absolute atomic E-state index is 12.5. The van der Waals surface area contributed by atoms with Crippen LogP contribution in [-0.2, 0) is 60.3 Å². The Kier molecular flexibility index (Phi) is 15.5. The zero-order valence-electron chi connectivity index (χ0n) is 35.6. The molecule has 3 aliphatic heterocycles. The highest BCUT2D eigenvalue weighted by molar-refractivity contribution is 7.86. The molecule has 2 unspecified atom stereocenters. The van der Waals surface area contributed by atoms with Crippen molar-refractivity contribution in [1.82, 2.24) is 10.2 Å². The summed E-state index contributed by atoms with van der Waals surface area (Å²) in [6.07, 6.45) is 14.0. The fourth-order valence-electron chi connectivity index (χ4n) is 8.53. The van der Waals surface area contributed by atoms with Crippen LogP contribution >= 0.6 is 0 Å². The number of amides is 3. The van der Waals surface area contributed by atoms with Gasteiger partial charge in [0.2, 0.25) is 11.6 Å². The van der Waals surface area contributed by atoms with Crippen molar-refractivity contribution < 1.29 is 62.6 Å². The van der Waals surface area contributed by atoms with Gasteiger partial charge in [-0.2, -0.15) is 4.58 Å². The van der Waals surface area contributed by atoms with E-state index in [1.165, 1.54) is 36.4 Å². The number of carbonyl (C=O) groups excluding carboxylic acids is 3. The first-order valence-corrected chi connectivity index (χ1v) is 24.9. The van der Waals surface area contributed by atoms with Gasteiger partial charge >= 0.3 is 0 Å². The summed E-state index contributed by atoms with van der Waals surface area (Å²) in [6, 6.07) is 8.39. The van der Waals surface area contributed by atoms with Crippen molar-refractivity contribution in [2.45, 2.75) is 86.3 Å². The van der Waals surface area contributed by atoms with Crippen LogP contribution in [-0.4, -0.2) is 117 Å². The number of nitrogens with zero attached hydrogens (tertiary/aromatic N) is 3. The van der Waals surface area contributed by atoms with E-state index in [-0.39, 0.29) is 43.2 Å². The molecule has 0 bridgehead atoms. The number of likely N-dealkylation sites (N-methyl/N-ethyl adjacent to an activating group) is 1. The summed E-state index contributed by atoms with van der Waals surface area (Å²) in [6.45, 7) is 7.06. The number of anilines is 1. The van der Waals surface area contributed by atoms with Crippen molar-refractivity contribution in [1.29, 1.82) is 0 Å². The van der Waals surface area contributed by atoms with Gasteiger partial charge in [0.1, 0.15) is 26.8 Å². The third kappa shape index (κ3) is 11.5. The van der Waals surface area contributed by atoms with Crippen LogP contribution in [0.15, 0.2) is 94.4 Å². The molecule has 0 saturated heterocycles. The second kappa shape index (κ2) is 19.9. The minimum absolute atomic E-state index is 0.0186. The van der Waals surface area contributed by atoms with Crippen LogP contribution in [0.3, 0.4) is 0 Å². The highest BCUT2D eigenvalue weighted by atomic mass is 32.2. The number of fused-ring (bicyclic) bond motifs is 2. The molecular formula is C43H52N4O13S3-2. The first kappa shape index (κ1) is 49.2. The van der Waals surface area contributed by atoms with Crippen LogP contribution in [0.2, 0.25) is 0 Å². The maximum atomic E-state index is 12.5. The molecule has 63 heavy (non-hydrogen) atoms. The highest BCUT2D eigenvalue weighted by Crippen LogP contribution is 2.51. The Morgan fingerprint density at radius 2 is 1.46 bits per heavy atom. The summed E-state index contributed by atoms with van der Waals surface area (Å²) in [5, 5.41) is 2.74. The number of nitrogens with one attached hydrogen (secondary N) is 1. The van der Waals surface area contributed by atoms with Gasteiger partial charge in [-0.1, -0.05) is 18.2 Å². The van der Waals surface area contributed by atoms with E-state index in [1.54, 1.807) is 37.5 Å². The molecular weight excluding hydrogens is 877 g/mol. The minimum Gasteiger partial charge on any atom is -0.748 e. The number of rotatable bonds is 22. The number of unbranched alkanes of at least 4 members (excludes halogenated alkanes) is 2. The monoisotopic (exact) mass is 928 g/mol. The van der Waals surface area contributed by atoms with E-state index in [4.69, 9.17) is 4.74 Å². The molecule has 1 N–H and O–H groups in total. The number of benzene rings is 2. The smallest absolute Gasteiger partial charge is 0.253 e. The SMILES string of the molecule is CCN1/C(=C/C=C/C=C/C2=[N+](CCCCCC(=O)NCCN3C(=O)C=CC3=O)c3ccc(S(=O)(=O)[O-])cc3C2(C)CCOC)C(C)(CCCS(=O)(=O)[O-])c2cc(S(=O)(=O)[O-])ccc21. The Morgan fingerprint density at radius 1 is 0.810 bits per heavy atom. The molecule has 0 radical (unpaired) electrons. The summed E-state index contributed by atoms with van der Waals surface area (Å²) < 4.78 is 115. The van der Waals surface area contributed by atoms with Crippen LogP contribution in [0.5, 0.6) is 0 Å². The summed E-state index contributed by atoms with van der Waals surface area (Å²) in [5.41, 5.74) is 2.19. The van der Waals surface area contributed by atoms with E-state index >= 15 is 0 Å². The molecule has 2 aromatic rings. The molecule has 0 saturated carbocycles. The average Bonchev–Trinajstić information content (AvgIpc) is 3.74. The Hall–Kier alpha value is -4.83. The van der Waals surface area contributed by atoms with Gasteiger partial charge < -0.3 is 28.6 Å². The molecule has 5 rings (SSSR count).